The molecule has 0 unspecified atom stereocenters. The predicted octanol–water partition coefficient (Wildman–Crippen LogP) is 3.59. The number of carbonyl (C=O) groups is 1. The zero-order valence-corrected chi connectivity index (χ0v) is 13.9. The minimum absolute atomic E-state index is 0.188. The zero-order valence-electron chi connectivity index (χ0n) is 13.9. The van der Waals surface area contributed by atoms with Crippen molar-refractivity contribution in [1.29, 1.82) is 0 Å². The van der Waals surface area contributed by atoms with Crippen LogP contribution in [0.3, 0.4) is 0 Å². The number of H-pyrrole nitrogens is 1. The summed E-state index contributed by atoms with van der Waals surface area (Å²) in [6.07, 6.45) is 4.29. The Labute approximate surface area is 143 Å². The normalized spacial score (nSPS) is 15.7. The molecule has 7 nitrogen and oxygen atoms in total. The molecular formula is C18H19N3O4. The third-order valence-corrected chi connectivity index (χ3v) is 4.93. The maximum absolute atomic E-state index is 12.5. The van der Waals surface area contributed by atoms with Crippen LogP contribution in [0, 0.1) is 6.92 Å². The number of aromatic amines is 1. The lowest BCUT2D eigenvalue weighted by atomic mass is 9.89. The molecule has 2 heterocycles. The number of rotatable bonds is 2. The Morgan fingerprint density at radius 2 is 2.08 bits per heavy atom. The summed E-state index contributed by atoms with van der Waals surface area (Å²) in [5, 5.41) is 8.86. The Balaban J connectivity index is 2.01. The molecule has 130 valence electrons. The third-order valence-electron chi connectivity index (χ3n) is 4.93. The van der Waals surface area contributed by atoms with E-state index in [9.17, 15) is 9.59 Å². The number of imidazole rings is 1. The molecule has 2 aromatic heterocycles. The van der Waals surface area contributed by atoms with Gasteiger partial charge in [-0.3, -0.25) is 9.20 Å². The van der Waals surface area contributed by atoms with Gasteiger partial charge in [0.25, 0.3) is 5.56 Å². The summed E-state index contributed by atoms with van der Waals surface area (Å²) in [5.41, 5.74) is 2.35. The second-order valence-corrected chi connectivity index (χ2v) is 6.58. The molecule has 1 saturated carbocycles. The number of hydrogen-bond donors (Lipinski definition) is 2. The molecule has 0 radical (unpaired) electrons. The largest absolute Gasteiger partial charge is 0.511 e. The van der Waals surface area contributed by atoms with E-state index in [-0.39, 0.29) is 11.3 Å². The van der Waals surface area contributed by atoms with Gasteiger partial charge < -0.3 is 14.8 Å². The van der Waals surface area contributed by atoms with Crippen LogP contribution >= 0.6 is 0 Å². The summed E-state index contributed by atoms with van der Waals surface area (Å²) in [6, 6.07) is 4.83. The Morgan fingerprint density at radius 3 is 2.80 bits per heavy atom. The van der Waals surface area contributed by atoms with Crippen LogP contribution < -0.4 is 10.3 Å². The fraction of sp³-hybridized carbons (Fsp3) is 0.389. The zero-order chi connectivity index (χ0) is 17.6. The number of fused-ring (bicyclic) bond motifs is 3. The van der Waals surface area contributed by atoms with Crippen LogP contribution in [0.15, 0.2) is 23.0 Å². The highest BCUT2D eigenvalue weighted by Crippen LogP contribution is 2.34. The van der Waals surface area contributed by atoms with Crippen LogP contribution in [0.5, 0.6) is 5.75 Å². The SMILES string of the molecule is Cc1nc(C2CCCCC2)n2c1c(=O)[nH]c1ccc(OC(=O)O)cc12. The molecule has 7 heteroatoms. The Kier molecular flexibility index (Phi) is 3.71. The first-order valence-electron chi connectivity index (χ1n) is 8.50. The number of aryl methyl sites for hydroxylation is 1. The van der Waals surface area contributed by atoms with Gasteiger partial charge in [-0.1, -0.05) is 19.3 Å². The number of nitrogens with zero attached hydrogens (tertiary/aromatic N) is 2. The molecule has 3 aromatic rings. The van der Waals surface area contributed by atoms with Crippen molar-refractivity contribution < 1.29 is 14.6 Å². The second-order valence-electron chi connectivity index (χ2n) is 6.58. The molecule has 1 aliphatic rings. The van der Waals surface area contributed by atoms with Crippen LogP contribution in [0.1, 0.15) is 49.5 Å². The summed E-state index contributed by atoms with van der Waals surface area (Å²) >= 11 is 0. The summed E-state index contributed by atoms with van der Waals surface area (Å²) in [4.78, 5) is 30.9. The van der Waals surface area contributed by atoms with Crippen LogP contribution in [0.2, 0.25) is 0 Å². The van der Waals surface area contributed by atoms with E-state index in [1.807, 2.05) is 11.3 Å². The highest BCUT2D eigenvalue weighted by Gasteiger charge is 2.24. The molecule has 0 aliphatic heterocycles. The van der Waals surface area contributed by atoms with E-state index < -0.39 is 6.16 Å². The topological polar surface area (TPSA) is 96.7 Å². The lowest BCUT2D eigenvalue weighted by molar-refractivity contribution is 0.144. The van der Waals surface area contributed by atoms with E-state index >= 15 is 0 Å². The summed E-state index contributed by atoms with van der Waals surface area (Å²) in [5.74, 6) is 1.41. The molecule has 25 heavy (non-hydrogen) atoms. The average Bonchev–Trinajstić information content (AvgIpc) is 2.94. The maximum atomic E-state index is 12.5. The quantitative estimate of drug-likeness (QED) is 0.548. The molecule has 0 spiro atoms. The number of carboxylic acid groups (broad SMARTS) is 1. The Morgan fingerprint density at radius 1 is 1.32 bits per heavy atom. The lowest BCUT2D eigenvalue weighted by Crippen LogP contribution is -2.14. The van der Waals surface area contributed by atoms with Gasteiger partial charge in [-0.15, -0.1) is 0 Å². The van der Waals surface area contributed by atoms with E-state index in [0.29, 0.717) is 28.2 Å². The first-order valence-corrected chi connectivity index (χ1v) is 8.50. The van der Waals surface area contributed by atoms with Gasteiger partial charge in [-0.2, -0.15) is 0 Å². The van der Waals surface area contributed by atoms with Crippen molar-refractivity contribution in [2.24, 2.45) is 0 Å². The molecule has 0 amide bonds. The number of aromatic nitrogens is 3. The smallest absolute Gasteiger partial charge is 0.449 e. The first kappa shape index (κ1) is 15.7. The van der Waals surface area contributed by atoms with Gasteiger partial charge >= 0.3 is 6.16 Å². The summed E-state index contributed by atoms with van der Waals surface area (Å²) in [6.45, 7) is 1.83. The maximum Gasteiger partial charge on any atom is 0.511 e. The highest BCUT2D eigenvalue weighted by molar-refractivity contribution is 5.81. The number of nitrogens with one attached hydrogen (secondary N) is 1. The van der Waals surface area contributed by atoms with Crippen LogP contribution in [0.4, 0.5) is 4.79 Å². The molecule has 0 atom stereocenters. The average molecular weight is 341 g/mol. The van der Waals surface area contributed by atoms with E-state index in [0.717, 1.165) is 31.5 Å². The molecule has 1 fully saturated rings. The van der Waals surface area contributed by atoms with Crippen molar-refractivity contribution in [2.75, 3.05) is 0 Å². The Bertz CT molecular complexity index is 1030. The molecule has 1 aliphatic carbocycles. The Hall–Kier alpha value is -2.83. The lowest BCUT2D eigenvalue weighted by Gasteiger charge is -2.21. The fourth-order valence-corrected chi connectivity index (χ4v) is 3.84. The third kappa shape index (κ3) is 2.65. The monoisotopic (exact) mass is 341 g/mol. The van der Waals surface area contributed by atoms with Gasteiger partial charge in [0.1, 0.15) is 17.1 Å². The number of ether oxygens (including phenoxy) is 1. The van der Waals surface area contributed by atoms with Gasteiger partial charge in [-0.05, 0) is 31.9 Å². The summed E-state index contributed by atoms with van der Waals surface area (Å²) in [7, 11) is 0. The number of benzene rings is 1. The van der Waals surface area contributed by atoms with Crippen molar-refractivity contribution in [3.05, 3.63) is 40.1 Å². The van der Waals surface area contributed by atoms with Crippen molar-refractivity contribution in [3.63, 3.8) is 0 Å². The molecule has 2 N–H and O–H groups in total. The molecule has 0 saturated heterocycles. The predicted molar refractivity (Wildman–Crippen MR) is 92.5 cm³/mol. The number of hydrogen-bond acceptors (Lipinski definition) is 4. The van der Waals surface area contributed by atoms with Gasteiger partial charge in [0.05, 0.1) is 16.7 Å². The van der Waals surface area contributed by atoms with Crippen molar-refractivity contribution >= 4 is 22.7 Å². The van der Waals surface area contributed by atoms with E-state index in [1.165, 1.54) is 12.5 Å². The van der Waals surface area contributed by atoms with E-state index in [4.69, 9.17) is 14.8 Å². The van der Waals surface area contributed by atoms with E-state index in [1.54, 1.807) is 12.1 Å². The van der Waals surface area contributed by atoms with Crippen molar-refractivity contribution in [3.8, 4) is 5.75 Å². The minimum Gasteiger partial charge on any atom is -0.449 e. The van der Waals surface area contributed by atoms with Crippen LogP contribution in [0.25, 0.3) is 16.6 Å². The minimum atomic E-state index is -1.37. The van der Waals surface area contributed by atoms with Gasteiger partial charge in [-0.25, -0.2) is 9.78 Å². The van der Waals surface area contributed by atoms with Gasteiger partial charge in [0, 0.05) is 12.0 Å². The van der Waals surface area contributed by atoms with Gasteiger partial charge in [0.2, 0.25) is 0 Å². The first-order chi connectivity index (χ1) is 12.0. The standard InChI is InChI=1S/C18H19N3O4/c1-10-15-17(22)20-13-8-7-12(25-18(23)24)9-14(13)21(15)16(19-10)11-5-3-2-4-6-11/h7-9,11H,2-6H2,1H3,(H,20,22)(H,23,24). The molecule has 1 aromatic carbocycles. The molecule has 0 bridgehead atoms. The van der Waals surface area contributed by atoms with Crippen LogP contribution in [-0.4, -0.2) is 25.6 Å². The van der Waals surface area contributed by atoms with Crippen molar-refractivity contribution in [1.82, 2.24) is 14.4 Å². The van der Waals surface area contributed by atoms with Gasteiger partial charge in [0.15, 0.2) is 0 Å². The van der Waals surface area contributed by atoms with Crippen molar-refractivity contribution in [2.45, 2.75) is 44.9 Å². The fourth-order valence-electron chi connectivity index (χ4n) is 3.84. The second kappa shape index (κ2) is 5.91. The summed E-state index contributed by atoms with van der Waals surface area (Å²) < 4.78 is 6.67. The van der Waals surface area contributed by atoms with Crippen LogP contribution in [-0.2, 0) is 0 Å². The molecular weight excluding hydrogens is 322 g/mol. The van der Waals surface area contributed by atoms with E-state index in [2.05, 4.69) is 4.98 Å². The molecule has 4 rings (SSSR count). The highest BCUT2D eigenvalue weighted by atomic mass is 16.7.